The Kier molecular flexibility index (Phi) is 7.76. The summed E-state index contributed by atoms with van der Waals surface area (Å²) >= 11 is 1.19. The molecule has 0 fully saturated rings. The number of carbonyl (C=O) groups is 2. The van der Waals surface area contributed by atoms with Crippen molar-refractivity contribution < 1.29 is 28.6 Å². The van der Waals surface area contributed by atoms with Crippen molar-refractivity contribution >= 4 is 29.4 Å². The van der Waals surface area contributed by atoms with Crippen molar-refractivity contribution in [1.29, 1.82) is 0 Å². The van der Waals surface area contributed by atoms with Crippen LogP contribution in [0, 0.1) is 0 Å². The van der Waals surface area contributed by atoms with Gasteiger partial charge in [-0.3, -0.25) is 9.36 Å². The monoisotopic (exact) mass is 572 g/mol. The average Bonchev–Trinajstić information content (AvgIpc) is 3.52. The number of nitrogens with zero attached hydrogens (tertiary/aromatic N) is 2. The third-order valence-corrected chi connectivity index (χ3v) is 7.37. The van der Waals surface area contributed by atoms with E-state index < -0.39 is 18.0 Å². The summed E-state index contributed by atoms with van der Waals surface area (Å²) < 4.78 is 19.0. The van der Waals surface area contributed by atoms with E-state index in [2.05, 4.69) is 4.99 Å². The first-order chi connectivity index (χ1) is 19.7. The maximum Gasteiger partial charge on any atom is 0.338 e. The number of thiazole rings is 1. The lowest BCUT2D eigenvalue weighted by Gasteiger charge is -2.25. The van der Waals surface area contributed by atoms with Gasteiger partial charge in [0.25, 0.3) is 5.56 Å². The van der Waals surface area contributed by atoms with Crippen LogP contribution < -0.4 is 19.6 Å². The van der Waals surface area contributed by atoms with Gasteiger partial charge >= 0.3 is 11.9 Å². The van der Waals surface area contributed by atoms with Crippen LogP contribution in [0.15, 0.2) is 86.1 Å². The smallest absolute Gasteiger partial charge is 0.338 e. The molecule has 2 aromatic heterocycles. The van der Waals surface area contributed by atoms with Crippen molar-refractivity contribution in [3.05, 3.63) is 109 Å². The normalized spacial score (nSPS) is 15.0. The summed E-state index contributed by atoms with van der Waals surface area (Å²) in [6, 6.07) is 16.4. The minimum Gasteiger partial charge on any atom is -0.494 e. The van der Waals surface area contributed by atoms with Crippen molar-refractivity contribution in [3.63, 3.8) is 0 Å². The number of fused-ring (bicyclic) bond motifs is 1. The Bertz CT molecular complexity index is 1840. The number of aromatic nitrogens is 1. The molecule has 10 heteroatoms. The van der Waals surface area contributed by atoms with E-state index in [4.69, 9.17) is 13.9 Å². The number of benzene rings is 2. The van der Waals surface area contributed by atoms with Crippen LogP contribution >= 0.6 is 11.3 Å². The molecule has 210 valence electrons. The summed E-state index contributed by atoms with van der Waals surface area (Å²) in [6.45, 7) is 7.68. The predicted molar refractivity (Wildman–Crippen MR) is 154 cm³/mol. The third kappa shape index (κ3) is 5.64. The van der Waals surface area contributed by atoms with Gasteiger partial charge in [0.2, 0.25) is 0 Å². The highest BCUT2D eigenvalue weighted by atomic mass is 32.1. The Hall–Kier alpha value is -4.70. The van der Waals surface area contributed by atoms with Crippen molar-refractivity contribution in [3.8, 4) is 17.1 Å². The van der Waals surface area contributed by atoms with E-state index in [9.17, 15) is 19.5 Å². The first-order valence-corrected chi connectivity index (χ1v) is 13.9. The first-order valence-electron chi connectivity index (χ1n) is 13.1. The van der Waals surface area contributed by atoms with Crippen LogP contribution in [0.4, 0.5) is 0 Å². The molecule has 1 aliphatic rings. The zero-order valence-corrected chi connectivity index (χ0v) is 23.7. The maximum absolute atomic E-state index is 13.8. The van der Waals surface area contributed by atoms with Crippen LogP contribution in [0.3, 0.4) is 0 Å². The molecule has 0 unspecified atom stereocenters. The standard InChI is InChI=1S/C31H28N2O7S/c1-5-38-22-11-9-19(10-12-22)27-26(30(37)39-17(2)3)18(4)32-31-33(27)28(34)25(41-31)16-23-13-14-24(40-23)20-7-6-8-21(15-20)29(35)36/h6-17,27H,5H2,1-4H3,(H,35,36)/b25-16+/t27-/m0/s1. The van der Waals surface area contributed by atoms with Gasteiger partial charge in [-0.1, -0.05) is 35.6 Å². The number of ether oxygens (including phenoxy) is 2. The Balaban J connectivity index is 1.60. The molecule has 2 aromatic carbocycles. The molecule has 1 atom stereocenters. The molecule has 0 saturated carbocycles. The van der Waals surface area contributed by atoms with Crippen LogP contribution in [0.2, 0.25) is 0 Å². The Morgan fingerprint density at radius 2 is 1.90 bits per heavy atom. The number of allylic oxidation sites excluding steroid dienone is 1. The lowest BCUT2D eigenvalue weighted by Crippen LogP contribution is -2.40. The van der Waals surface area contributed by atoms with Crippen molar-refractivity contribution in [2.75, 3.05) is 6.61 Å². The molecule has 0 spiro atoms. The Labute approximate surface area is 239 Å². The SMILES string of the molecule is CCOc1ccc([C@H]2C(C(=O)OC(C)C)=C(C)N=c3s/c(=C/c4ccc(-c5cccc(C(=O)O)c5)o4)c(=O)n32)cc1. The number of aromatic carboxylic acids is 1. The molecule has 5 rings (SSSR count). The summed E-state index contributed by atoms with van der Waals surface area (Å²) in [5, 5.41) is 9.30. The minimum absolute atomic E-state index is 0.144. The topological polar surface area (TPSA) is 120 Å². The number of hydrogen-bond donors (Lipinski definition) is 1. The van der Waals surface area contributed by atoms with E-state index in [0.717, 1.165) is 0 Å². The third-order valence-electron chi connectivity index (χ3n) is 6.39. The zero-order chi connectivity index (χ0) is 29.3. The summed E-state index contributed by atoms with van der Waals surface area (Å²) in [7, 11) is 0. The van der Waals surface area contributed by atoms with Gasteiger partial charge in [0.15, 0.2) is 4.80 Å². The second-order valence-corrected chi connectivity index (χ2v) is 10.6. The number of carboxylic acids is 1. The predicted octanol–water partition coefficient (Wildman–Crippen LogP) is 4.54. The fourth-order valence-electron chi connectivity index (χ4n) is 4.61. The van der Waals surface area contributed by atoms with Crippen LogP contribution in [-0.2, 0) is 9.53 Å². The lowest BCUT2D eigenvalue weighted by atomic mass is 9.96. The van der Waals surface area contributed by atoms with Gasteiger partial charge < -0.3 is 19.0 Å². The van der Waals surface area contributed by atoms with E-state index in [1.54, 1.807) is 63.2 Å². The average molecular weight is 573 g/mol. The molecule has 0 aliphatic carbocycles. The molecular formula is C31H28N2O7S. The fraction of sp³-hybridized carbons (Fsp3) is 0.226. The molecule has 1 N–H and O–H groups in total. The zero-order valence-electron chi connectivity index (χ0n) is 22.9. The molecule has 3 heterocycles. The van der Waals surface area contributed by atoms with Gasteiger partial charge in [-0.05, 0) is 69.7 Å². The van der Waals surface area contributed by atoms with Gasteiger partial charge in [-0.2, -0.15) is 0 Å². The lowest BCUT2D eigenvalue weighted by molar-refractivity contribution is -0.143. The number of hydrogen-bond acceptors (Lipinski definition) is 8. The van der Waals surface area contributed by atoms with Gasteiger partial charge in [-0.25, -0.2) is 14.6 Å². The summed E-state index contributed by atoms with van der Waals surface area (Å²) in [5.41, 5.74) is 1.89. The second kappa shape index (κ2) is 11.4. The van der Waals surface area contributed by atoms with Crippen LogP contribution in [0.25, 0.3) is 17.4 Å². The Morgan fingerprint density at radius 3 is 2.59 bits per heavy atom. The highest BCUT2D eigenvalue weighted by molar-refractivity contribution is 7.07. The quantitative estimate of drug-likeness (QED) is 0.308. The molecule has 0 saturated heterocycles. The number of carboxylic acid groups (broad SMARTS) is 1. The number of rotatable bonds is 8. The van der Waals surface area contributed by atoms with Gasteiger partial charge in [0, 0.05) is 11.6 Å². The van der Waals surface area contributed by atoms with Crippen molar-refractivity contribution in [2.24, 2.45) is 4.99 Å². The van der Waals surface area contributed by atoms with Crippen LogP contribution in [-0.4, -0.2) is 34.3 Å². The number of carbonyl (C=O) groups excluding carboxylic acids is 1. The number of furan rings is 1. The Morgan fingerprint density at radius 1 is 1.15 bits per heavy atom. The minimum atomic E-state index is -1.03. The van der Waals surface area contributed by atoms with Crippen molar-refractivity contribution in [1.82, 2.24) is 4.57 Å². The molecule has 41 heavy (non-hydrogen) atoms. The van der Waals surface area contributed by atoms with E-state index in [1.165, 1.54) is 28.0 Å². The molecular weight excluding hydrogens is 544 g/mol. The molecule has 9 nitrogen and oxygen atoms in total. The van der Waals surface area contributed by atoms with Gasteiger partial charge in [-0.15, -0.1) is 0 Å². The molecule has 4 aromatic rings. The second-order valence-electron chi connectivity index (χ2n) is 9.63. The van der Waals surface area contributed by atoms with Crippen LogP contribution in [0.5, 0.6) is 5.75 Å². The van der Waals surface area contributed by atoms with E-state index in [0.29, 0.717) is 55.6 Å². The summed E-state index contributed by atoms with van der Waals surface area (Å²) in [5.74, 6) is -0.00617. The summed E-state index contributed by atoms with van der Waals surface area (Å²) in [6.07, 6.45) is 1.27. The van der Waals surface area contributed by atoms with Gasteiger partial charge in [0.1, 0.15) is 17.3 Å². The van der Waals surface area contributed by atoms with E-state index in [1.807, 2.05) is 19.1 Å². The highest BCUT2D eigenvalue weighted by Gasteiger charge is 2.33. The van der Waals surface area contributed by atoms with Crippen molar-refractivity contribution in [2.45, 2.75) is 39.8 Å². The van der Waals surface area contributed by atoms with E-state index >= 15 is 0 Å². The van der Waals surface area contributed by atoms with Crippen LogP contribution in [0.1, 0.15) is 55.4 Å². The fourth-order valence-corrected chi connectivity index (χ4v) is 5.64. The van der Waals surface area contributed by atoms with Gasteiger partial charge in [0.05, 0.1) is 40.1 Å². The summed E-state index contributed by atoms with van der Waals surface area (Å²) in [4.78, 5) is 43.5. The largest absolute Gasteiger partial charge is 0.494 e. The first kappa shape index (κ1) is 27.9. The van der Waals surface area contributed by atoms with E-state index in [-0.39, 0.29) is 17.2 Å². The molecule has 0 bridgehead atoms. The number of esters is 1. The molecule has 1 aliphatic heterocycles. The maximum atomic E-state index is 13.8. The molecule has 0 amide bonds. The highest BCUT2D eigenvalue weighted by Crippen LogP contribution is 2.32. The molecule has 0 radical (unpaired) electrons.